The number of anilines is 1. The minimum Gasteiger partial charge on any atom is -0.494 e. The van der Waals surface area contributed by atoms with Crippen molar-refractivity contribution in [3.63, 3.8) is 0 Å². The van der Waals surface area contributed by atoms with Gasteiger partial charge in [0, 0.05) is 0 Å². The number of ether oxygens (including phenoxy) is 1. The number of benzene rings is 2. The van der Waals surface area contributed by atoms with Crippen molar-refractivity contribution >= 4 is 21.6 Å². The fraction of sp³-hybridized carbons (Fsp3) is 0.190. The molecule has 0 radical (unpaired) electrons. The lowest BCUT2D eigenvalue weighted by molar-refractivity contribution is 0.0940. The number of carbonyl (C=O) groups excluding carboxylic acids is 1. The van der Waals surface area contributed by atoms with Crippen LogP contribution in [-0.2, 0) is 10.0 Å². The monoisotopic (exact) mass is 413 g/mol. The van der Waals surface area contributed by atoms with Crippen LogP contribution < -0.4 is 20.3 Å². The molecule has 7 nitrogen and oxygen atoms in total. The van der Waals surface area contributed by atoms with E-state index in [0.717, 1.165) is 12.1 Å². The standard InChI is InChI=1S/C21H23N3O4S/c1-3-28-17-10-12-18(13-11-17)29(26,27)24-20-7-5-4-6-19(20)21(25)23-22-16-9-8-15(2)14-16/h4-7,9-14,22,24H,3,8H2,1-2H3,(H,23,25). The normalized spacial score (nSPS) is 13.3. The second-order valence-corrected chi connectivity index (χ2v) is 8.17. The van der Waals surface area contributed by atoms with E-state index >= 15 is 0 Å². The van der Waals surface area contributed by atoms with E-state index in [1.807, 2.05) is 26.0 Å². The van der Waals surface area contributed by atoms with Crippen molar-refractivity contribution in [2.45, 2.75) is 25.2 Å². The summed E-state index contributed by atoms with van der Waals surface area (Å²) in [7, 11) is -3.87. The van der Waals surface area contributed by atoms with E-state index in [-0.39, 0.29) is 16.1 Å². The molecule has 29 heavy (non-hydrogen) atoms. The lowest BCUT2D eigenvalue weighted by Gasteiger charge is -2.14. The molecular weight excluding hydrogens is 390 g/mol. The largest absolute Gasteiger partial charge is 0.494 e. The quantitative estimate of drug-likeness (QED) is 0.577. The van der Waals surface area contributed by atoms with Crippen molar-refractivity contribution in [1.29, 1.82) is 0 Å². The van der Waals surface area contributed by atoms with Gasteiger partial charge in [0.05, 0.1) is 28.5 Å². The van der Waals surface area contributed by atoms with Crippen LogP contribution in [0.1, 0.15) is 30.6 Å². The molecule has 0 spiro atoms. The molecule has 0 aromatic heterocycles. The summed E-state index contributed by atoms with van der Waals surface area (Å²) < 4.78 is 33.3. The Hall–Kier alpha value is -3.26. The highest BCUT2D eigenvalue weighted by atomic mass is 32.2. The zero-order valence-electron chi connectivity index (χ0n) is 16.2. The summed E-state index contributed by atoms with van der Waals surface area (Å²) >= 11 is 0. The fourth-order valence-electron chi connectivity index (χ4n) is 2.79. The van der Waals surface area contributed by atoms with Crippen LogP contribution in [0.15, 0.2) is 76.8 Å². The number of para-hydroxylation sites is 1. The summed E-state index contributed by atoms with van der Waals surface area (Å²) in [6, 6.07) is 12.5. The number of hydrogen-bond acceptors (Lipinski definition) is 5. The molecule has 2 aromatic carbocycles. The minimum atomic E-state index is -3.87. The second-order valence-electron chi connectivity index (χ2n) is 6.49. The third-order valence-electron chi connectivity index (χ3n) is 4.23. The molecule has 0 aliphatic heterocycles. The van der Waals surface area contributed by atoms with Crippen molar-refractivity contribution in [1.82, 2.24) is 10.9 Å². The average Bonchev–Trinajstić information content (AvgIpc) is 3.12. The van der Waals surface area contributed by atoms with Gasteiger partial charge in [-0.15, -0.1) is 0 Å². The summed E-state index contributed by atoms with van der Waals surface area (Å²) in [6.45, 7) is 4.34. The molecule has 152 valence electrons. The van der Waals surface area contributed by atoms with Gasteiger partial charge in [-0.25, -0.2) is 8.42 Å². The number of nitrogens with one attached hydrogen (secondary N) is 3. The Morgan fingerprint density at radius 2 is 1.83 bits per heavy atom. The third kappa shape index (κ3) is 5.17. The molecule has 0 bridgehead atoms. The number of sulfonamides is 1. The minimum absolute atomic E-state index is 0.0750. The molecule has 0 unspecified atom stereocenters. The first-order valence-electron chi connectivity index (χ1n) is 9.17. The maximum Gasteiger partial charge on any atom is 0.271 e. The maximum absolute atomic E-state index is 12.7. The highest BCUT2D eigenvalue weighted by molar-refractivity contribution is 7.92. The van der Waals surface area contributed by atoms with Gasteiger partial charge in [0.2, 0.25) is 0 Å². The number of rotatable bonds is 8. The molecule has 0 fully saturated rings. The third-order valence-corrected chi connectivity index (χ3v) is 5.61. The van der Waals surface area contributed by atoms with Gasteiger partial charge >= 0.3 is 0 Å². The first kappa shape index (κ1) is 20.5. The predicted octanol–water partition coefficient (Wildman–Crippen LogP) is 3.35. The lowest BCUT2D eigenvalue weighted by Crippen LogP contribution is -2.36. The Labute approximate surface area is 170 Å². The molecule has 1 amide bonds. The van der Waals surface area contributed by atoms with E-state index in [9.17, 15) is 13.2 Å². The molecule has 0 saturated heterocycles. The van der Waals surface area contributed by atoms with E-state index in [1.165, 1.54) is 17.7 Å². The SMILES string of the molecule is CCOc1ccc(S(=O)(=O)Nc2ccccc2C(=O)NNC2=CCC(C)=C2)cc1. The summed E-state index contributed by atoms with van der Waals surface area (Å²) in [6.07, 6.45) is 4.72. The zero-order chi connectivity index (χ0) is 20.9. The first-order chi connectivity index (χ1) is 13.9. The molecule has 0 atom stereocenters. The Balaban J connectivity index is 1.74. The molecule has 3 N–H and O–H groups in total. The summed E-state index contributed by atoms with van der Waals surface area (Å²) in [4.78, 5) is 12.6. The van der Waals surface area contributed by atoms with Crippen LogP contribution in [-0.4, -0.2) is 20.9 Å². The van der Waals surface area contributed by atoms with Crippen LogP contribution in [0.5, 0.6) is 5.75 Å². The van der Waals surface area contributed by atoms with Crippen molar-refractivity contribution in [3.05, 3.63) is 77.5 Å². The van der Waals surface area contributed by atoms with Crippen molar-refractivity contribution in [2.24, 2.45) is 0 Å². The van der Waals surface area contributed by atoms with Crippen LogP contribution in [0, 0.1) is 0 Å². The van der Waals surface area contributed by atoms with E-state index in [1.54, 1.807) is 36.4 Å². The number of hydrazine groups is 1. The Bertz CT molecular complexity index is 1060. The lowest BCUT2D eigenvalue weighted by atomic mass is 10.2. The van der Waals surface area contributed by atoms with Gasteiger partial charge in [-0.3, -0.25) is 20.4 Å². The highest BCUT2D eigenvalue weighted by Crippen LogP contribution is 2.22. The zero-order valence-corrected chi connectivity index (χ0v) is 17.0. The van der Waals surface area contributed by atoms with Gasteiger partial charge in [0.15, 0.2) is 0 Å². The molecule has 0 saturated carbocycles. The van der Waals surface area contributed by atoms with E-state index in [4.69, 9.17) is 4.74 Å². The fourth-order valence-corrected chi connectivity index (χ4v) is 3.87. The molecule has 2 aromatic rings. The van der Waals surface area contributed by atoms with Crippen LogP contribution in [0.4, 0.5) is 5.69 Å². The Morgan fingerprint density at radius 3 is 2.48 bits per heavy atom. The average molecular weight is 413 g/mol. The molecule has 0 heterocycles. The molecule has 8 heteroatoms. The van der Waals surface area contributed by atoms with Crippen LogP contribution in [0.3, 0.4) is 0 Å². The molecular formula is C21H23N3O4S. The molecule has 1 aliphatic rings. The van der Waals surface area contributed by atoms with Crippen molar-refractivity contribution in [3.8, 4) is 5.75 Å². The second kappa shape index (κ2) is 8.83. The van der Waals surface area contributed by atoms with Gasteiger partial charge in [-0.2, -0.15) is 0 Å². The van der Waals surface area contributed by atoms with Crippen LogP contribution >= 0.6 is 0 Å². The van der Waals surface area contributed by atoms with Gasteiger partial charge in [0.1, 0.15) is 5.75 Å². The van der Waals surface area contributed by atoms with E-state index < -0.39 is 15.9 Å². The Kier molecular flexibility index (Phi) is 6.23. The maximum atomic E-state index is 12.7. The summed E-state index contributed by atoms with van der Waals surface area (Å²) in [5.41, 5.74) is 7.81. The summed E-state index contributed by atoms with van der Waals surface area (Å²) in [5.74, 6) is 0.136. The van der Waals surface area contributed by atoms with Gasteiger partial charge in [0.25, 0.3) is 15.9 Å². The molecule has 1 aliphatic carbocycles. The van der Waals surface area contributed by atoms with Crippen molar-refractivity contribution in [2.75, 3.05) is 11.3 Å². The number of hydrogen-bond donors (Lipinski definition) is 3. The highest BCUT2D eigenvalue weighted by Gasteiger charge is 2.19. The van der Waals surface area contributed by atoms with E-state index in [2.05, 4.69) is 15.6 Å². The van der Waals surface area contributed by atoms with Crippen LogP contribution in [0.25, 0.3) is 0 Å². The molecule has 3 rings (SSSR count). The van der Waals surface area contributed by atoms with Crippen molar-refractivity contribution < 1.29 is 17.9 Å². The van der Waals surface area contributed by atoms with Gasteiger partial charge in [-0.05, 0) is 62.7 Å². The van der Waals surface area contributed by atoms with Gasteiger partial charge < -0.3 is 4.74 Å². The topological polar surface area (TPSA) is 96.5 Å². The first-order valence-corrected chi connectivity index (χ1v) is 10.7. The van der Waals surface area contributed by atoms with Gasteiger partial charge in [-0.1, -0.05) is 23.8 Å². The van der Waals surface area contributed by atoms with E-state index in [0.29, 0.717) is 12.4 Å². The summed E-state index contributed by atoms with van der Waals surface area (Å²) in [5, 5.41) is 0. The predicted molar refractivity (Wildman–Crippen MR) is 112 cm³/mol. The smallest absolute Gasteiger partial charge is 0.271 e. The number of carbonyl (C=O) groups is 1. The van der Waals surface area contributed by atoms with Crippen LogP contribution in [0.2, 0.25) is 0 Å². The number of amides is 1. The Morgan fingerprint density at radius 1 is 1.10 bits per heavy atom. The number of allylic oxidation sites excluding steroid dienone is 3.